The molecule has 0 aromatic heterocycles. The van der Waals surface area contributed by atoms with Gasteiger partial charge in [-0.3, -0.25) is 0 Å². The maximum atomic E-state index is 11.8. The average Bonchev–Trinajstić information content (AvgIpc) is 3.00. The van der Waals surface area contributed by atoms with E-state index in [1.54, 1.807) is 7.05 Å². The molecule has 0 bridgehead atoms. The standard InChI is InChI=1S/C9H21N3O2S/c1-3-6-11-15(13,14)12(2)9(7-10)8-4-5-8/h8-9,11H,3-7,10H2,1-2H3. The van der Waals surface area contributed by atoms with E-state index in [0.717, 1.165) is 19.3 Å². The largest absolute Gasteiger partial charge is 0.329 e. The van der Waals surface area contributed by atoms with Crippen LogP contribution >= 0.6 is 0 Å². The molecule has 1 fully saturated rings. The number of nitrogens with zero attached hydrogens (tertiary/aromatic N) is 1. The minimum Gasteiger partial charge on any atom is -0.329 e. The molecule has 1 aliphatic carbocycles. The summed E-state index contributed by atoms with van der Waals surface area (Å²) in [5, 5.41) is 0. The van der Waals surface area contributed by atoms with Crippen LogP contribution in [0.3, 0.4) is 0 Å². The lowest BCUT2D eigenvalue weighted by Crippen LogP contribution is -2.48. The Labute approximate surface area is 92.2 Å². The second-order valence-electron chi connectivity index (χ2n) is 4.06. The van der Waals surface area contributed by atoms with Gasteiger partial charge in [0.2, 0.25) is 0 Å². The zero-order chi connectivity index (χ0) is 11.5. The van der Waals surface area contributed by atoms with Crippen LogP contribution in [0.1, 0.15) is 26.2 Å². The zero-order valence-corrected chi connectivity index (χ0v) is 10.3. The molecule has 1 saturated carbocycles. The molecule has 0 aromatic rings. The topological polar surface area (TPSA) is 75.4 Å². The third-order valence-electron chi connectivity index (χ3n) is 2.79. The smallest absolute Gasteiger partial charge is 0.279 e. The molecule has 1 aliphatic rings. The van der Waals surface area contributed by atoms with Gasteiger partial charge < -0.3 is 5.73 Å². The second-order valence-corrected chi connectivity index (χ2v) is 5.87. The van der Waals surface area contributed by atoms with Gasteiger partial charge in [-0.2, -0.15) is 12.7 Å². The first-order valence-electron chi connectivity index (χ1n) is 5.45. The molecule has 0 aliphatic heterocycles. The maximum Gasteiger partial charge on any atom is 0.279 e. The van der Waals surface area contributed by atoms with E-state index in [4.69, 9.17) is 5.73 Å². The van der Waals surface area contributed by atoms with Crippen molar-refractivity contribution in [3.8, 4) is 0 Å². The number of nitrogens with two attached hydrogens (primary N) is 1. The molecule has 15 heavy (non-hydrogen) atoms. The minimum atomic E-state index is -3.34. The predicted octanol–water partition coefficient (Wildman–Crippen LogP) is -0.100. The molecular formula is C9H21N3O2S. The Bertz CT molecular complexity index is 288. The molecule has 0 spiro atoms. The van der Waals surface area contributed by atoms with Crippen molar-refractivity contribution in [1.29, 1.82) is 0 Å². The molecule has 0 heterocycles. The fourth-order valence-electron chi connectivity index (χ4n) is 1.63. The van der Waals surface area contributed by atoms with Crippen LogP contribution in [0.4, 0.5) is 0 Å². The molecule has 90 valence electrons. The van der Waals surface area contributed by atoms with Gasteiger partial charge in [0, 0.05) is 26.2 Å². The van der Waals surface area contributed by atoms with Gasteiger partial charge in [0.25, 0.3) is 10.2 Å². The van der Waals surface area contributed by atoms with Crippen molar-refractivity contribution in [2.45, 2.75) is 32.2 Å². The first kappa shape index (κ1) is 12.9. The summed E-state index contributed by atoms with van der Waals surface area (Å²) in [5.41, 5.74) is 5.61. The van der Waals surface area contributed by atoms with Crippen molar-refractivity contribution in [2.24, 2.45) is 11.7 Å². The Hall–Kier alpha value is -0.170. The number of likely N-dealkylation sites (N-methyl/N-ethyl adjacent to an activating group) is 1. The Balaban J connectivity index is 2.59. The van der Waals surface area contributed by atoms with Crippen molar-refractivity contribution >= 4 is 10.2 Å². The molecule has 0 radical (unpaired) electrons. The quantitative estimate of drug-likeness (QED) is 0.647. The summed E-state index contributed by atoms with van der Waals surface area (Å²) in [4.78, 5) is 0. The SMILES string of the molecule is CCCNS(=O)(=O)N(C)C(CN)C1CC1. The summed E-state index contributed by atoms with van der Waals surface area (Å²) in [5.74, 6) is 0.457. The zero-order valence-electron chi connectivity index (χ0n) is 9.44. The van der Waals surface area contributed by atoms with Crippen LogP contribution in [0.15, 0.2) is 0 Å². The molecule has 1 unspecified atom stereocenters. The maximum absolute atomic E-state index is 11.8. The monoisotopic (exact) mass is 235 g/mol. The molecule has 1 atom stereocenters. The van der Waals surface area contributed by atoms with Crippen molar-refractivity contribution < 1.29 is 8.42 Å². The molecule has 0 saturated heterocycles. The molecule has 1 rings (SSSR count). The molecule has 0 amide bonds. The number of rotatable bonds is 7. The van der Waals surface area contributed by atoms with E-state index in [1.807, 2.05) is 6.92 Å². The van der Waals surface area contributed by atoms with E-state index in [2.05, 4.69) is 4.72 Å². The van der Waals surface area contributed by atoms with Crippen LogP contribution in [0.2, 0.25) is 0 Å². The van der Waals surface area contributed by atoms with Gasteiger partial charge in [-0.15, -0.1) is 0 Å². The molecule has 0 aromatic carbocycles. The first-order chi connectivity index (χ1) is 7.03. The summed E-state index contributed by atoms with van der Waals surface area (Å²) in [6.45, 7) is 2.81. The Morgan fingerprint density at radius 3 is 2.53 bits per heavy atom. The summed E-state index contributed by atoms with van der Waals surface area (Å²) >= 11 is 0. The molecular weight excluding hydrogens is 214 g/mol. The summed E-state index contributed by atoms with van der Waals surface area (Å²) in [6.07, 6.45) is 2.98. The van der Waals surface area contributed by atoms with Crippen LogP contribution in [0.25, 0.3) is 0 Å². The first-order valence-corrected chi connectivity index (χ1v) is 6.89. The summed E-state index contributed by atoms with van der Waals surface area (Å²) in [7, 11) is -1.73. The lowest BCUT2D eigenvalue weighted by atomic mass is 10.2. The lowest BCUT2D eigenvalue weighted by molar-refractivity contribution is 0.336. The normalized spacial score (nSPS) is 19.5. The van der Waals surface area contributed by atoms with Crippen LogP contribution in [-0.4, -0.2) is 38.9 Å². The van der Waals surface area contributed by atoms with Gasteiger partial charge in [0.05, 0.1) is 0 Å². The van der Waals surface area contributed by atoms with Crippen LogP contribution in [-0.2, 0) is 10.2 Å². The highest BCUT2D eigenvalue weighted by molar-refractivity contribution is 7.87. The van der Waals surface area contributed by atoms with Crippen LogP contribution < -0.4 is 10.5 Å². The third kappa shape index (κ3) is 3.41. The third-order valence-corrected chi connectivity index (χ3v) is 4.39. The Kier molecular flexibility index (Phi) is 4.51. The number of hydrogen-bond donors (Lipinski definition) is 2. The van der Waals surface area contributed by atoms with Gasteiger partial charge in [0.1, 0.15) is 0 Å². The van der Waals surface area contributed by atoms with E-state index in [0.29, 0.717) is 19.0 Å². The molecule has 3 N–H and O–H groups in total. The molecule has 5 nitrogen and oxygen atoms in total. The van der Waals surface area contributed by atoms with Crippen molar-refractivity contribution in [3.05, 3.63) is 0 Å². The fraction of sp³-hybridized carbons (Fsp3) is 1.00. The van der Waals surface area contributed by atoms with Crippen molar-refractivity contribution in [2.75, 3.05) is 20.1 Å². The van der Waals surface area contributed by atoms with Crippen molar-refractivity contribution in [3.63, 3.8) is 0 Å². The van der Waals surface area contributed by atoms with E-state index < -0.39 is 10.2 Å². The molecule has 6 heteroatoms. The van der Waals surface area contributed by atoms with Crippen LogP contribution in [0, 0.1) is 5.92 Å². The van der Waals surface area contributed by atoms with Gasteiger partial charge in [-0.05, 0) is 25.2 Å². The number of hydrogen-bond acceptors (Lipinski definition) is 3. The fourth-order valence-corrected chi connectivity index (χ4v) is 2.91. The Morgan fingerprint density at radius 1 is 1.53 bits per heavy atom. The van der Waals surface area contributed by atoms with Gasteiger partial charge in [-0.1, -0.05) is 6.92 Å². The highest BCUT2D eigenvalue weighted by Gasteiger charge is 2.37. The highest BCUT2D eigenvalue weighted by Crippen LogP contribution is 2.35. The lowest BCUT2D eigenvalue weighted by Gasteiger charge is -2.26. The van der Waals surface area contributed by atoms with E-state index in [-0.39, 0.29) is 6.04 Å². The summed E-state index contributed by atoms with van der Waals surface area (Å²) < 4.78 is 27.5. The number of nitrogens with one attached hydrogen (secondary N) is 1. The van der Waals surface area contributed by atoms with E-state index in [9.17, 15) is 8.42 Å². The van der Waals surface area contributed by atoms with E-state index >= 15 is 0 Å². The highest BCUT2D eigenvalue weighted by atomic mass is 32.2. The second kappa shape index (κ2) is 5.25. The van der Waals surface area contributed by atoms with Crippen LogP contribution in [0.5, 0.6) is 0 Å². The predicted molar refractivity (Wildman–Crippen MR) is 60.5 cm³/mol. The van der Waals surface area contributed by atoms with Gasteiger partial charge in [-0.25, -0.2) is 4.72 Å². The average molecular weight is 235 g/mol. The Morgan fingerprint density at radius 2 is 2.13 bits per heavy atom. The van der Waals surface area contributed by atoms with Crippen molar-refractivity contribution in [1.82, 2.24) is 9.03 Å². The summed E-state index contributed by atoms with van der Waals surface area (Å²) in [6, 6.07) is -0.0423. The van der Waals surface area contributed by atoms with Gasteiger partial charge >= 0.3 is 0 Å². The van der Waals surface area contributed by atoms with Gasteiger partial charge in [0.15, 0.2) is 0 Å². The van der Waals surface area contributed by atoms with E-state index in [1.165, 1.54) is 4.31 Å². The minimum absolute atomic E-state index is 0.0423.